The van der Waals surface area contributed by atoms with Crippen LogP contribution in [0.4, 0.5) is 0 Å². The van der Waals surface area contributed by atoms with Gasteiger partial charge in [-0.1, -0.05) is 164 Å². The second-order valence-electron chi connectivity index (χ2n) is 20.6. The van der Waals surface area contributed by atoms with Crippen molar-refractivity contribution < 1.29 is 14.6 Å². The van der Waals surface area contributed by atoms with E-state index in [0.29, 0.717) is 54.2 Å². The third kappa shape index (κ3) is 13.0. The molecule has 0 bridgehead atoms. The molecule has 5 aromatic rings. The predicted octanol–water partition coefficient (Wildman–Crippen LogP) is 11.5. The number of amides is 1. The van der Waals surface area contributed by atoms with Crippen LogP contribution in [0.15, 0.2) is 109 Å². The molecule has 2 aliphatic heterocycles. The molecule has 0 spiro atoms. The van der Waals surface area contributed by atoms with Gasteiger partial charge in [0, 0.05) is 51.4 Å². The van der Waals surface area contributed by atoms with Gasteiger partial charge in [-0.2, -0.15) is 0 Å². The van der Waals surface area contributed by atoms with Crippen LogP contribution in [0.1, 0.15) is 118 Å². The summed E-state index contributed by atoms with van der Waals surface area (Å²) in [5, 5.41) is 17.9. The van der Waals surface area contributed by atoms with Crippen LogP contribution in [0.5, 0.6) is 0 Å². The Labute approximate surface area is 393 Å². The van der Waals surface area contributed by atoms with Crippen molar-refractivity contribution in [3.8, 4) is 0 Å². The lowest BCUT2D eigenvalue weighted by molar-refractivity contribution is -0.117. The normalized spacial score (nSPS) is 18.2. The van der Waals surface area contributed by atoms with E-state index in [0.717, 1.165) is 64.8 Å². The number of ether oxygens (including phenoxy) is 1. The summed E-state index contributed by atoms with van der Waals surface area (Å²) in [7, 11) is 5.13. The molecule has 0 saturated carbocycles. The summed E-state index contributed by atoms with van der Waals surface area (Å²) >= 11 is 0. The van der Waals surface area contributed by atoms with Gasteiger partial charge in [-0.3, -0.25) is 14.6 Å². The molecule has 2 N–H and O–H groups in total. The molecule has 65 heavy (non-hydrogen) atoms. The third-order valence-corrected chi connectivity index (χ3v) is 14.6. The molecule has 2 aliphatic rings. The van der Waals surface area contributed by atoms with Gasteiger partial charge >= 0.3 is 0 Å². The zero-order valence-corrected chi connectivity index (χ0v) is 40.3. The molecule has 2 atom stereocenters. The Morgan fingerprint density at radius 1 is 0.692 bits per heavy atom. The Morgan fingerprint density at radius 2 is 1.20 bits per heavy atom. The zero-order valence-electron chi connectivity index (χ0n) is 40.3. The second-order valence-corrected chi connectivity index (χ2v) is 20.6. The Morgan fingerprint density at radius 3 is 1.71 bits per heavy atom. The van der Waals surface area contributed by atoms with Crippen LogP contribution in [0.3, 0.4) is 0 Å². The first-order valence-corrected chi connectivity index (χ1v) is 24.8. The average molecular weight is 872 g/mol. The molecule has 0 aromatic heterocycles. The van der Waals surface area contributed by atoms with Crippen molar-refractivity contribution in [1.82, 2.24) is 15.1 Å². The molecule has 5 aromatic carbocycles. The highest BCUT2D eigenvalue weighted by Gasteiger charge is 2.31. The van der Waals surface area contributed by atoms with Crippen LogP contribution in [0.2, 0.25) is 12.6 Å². The maximum atomic E-state index is 12.7. The molecule has 6 nitrogen and oxygen atoms in total. The number of benzene rings is 5. The molecule has 8 heteroatoms. The number of rotatable bonds is 22. The number of hydrogen-bond donors (Lipinski definition) is 2. The first-order chi connectivity index (χ1) is 31.4. The second kappa shape index (κ2) is 23.0. The van der Waals surface area contributed by atoms with E-state index >= 15 is 0 Å². The van der Waals surface area contributed by atoms with Gasteiger partial charge in [0.25, 0.3) is 0 Å². The highest BCUT2D eigenvalue weighted by Crippen LogP contribution is 2.42. The Bertz CT molecular complexity index is 2280. The van der Waals surface area contributed by atoms with Gasteiger partial charge in [-0.25, -0.2) is 0 Å². The first kappa shape index (κ1) is 48.7. The zero-order chi connectivity index (χ0) is 45.8. The number of carbonyl (C=O) groups is 1. The number of aliphatic hydroxyl groups excluding tert-OH is 1. The van der Waals surface area contributed by atoms with Crippen LogP contribution in [-0.4, -0.2) is 81.4 Å². The van der Waals surface area contributed by atoms with Crippen molar-refractivity contribution in [2.45, 2.75) is 123 Å². The number of fused-ring (bicyclic) bond motifs is 2. The minimum absolute atomic E-state index is 0.0360. The average Bonchev–Trinajstić information content (AvgIpc) is 3.31. The number of aliphatic hydroxyl groups is 1. The molecule has 2 radical (unpaired) electrons. The predicted molar refractivity (Wildman–Crippen MR) is 275 cm³/mol. The topological polar surface area (TPSA) is 65.0 Å². The molecule has 2 unspecified atom stereocenters. The molecule has 2 saturated heterocycles. The molecular weight excluding hydrogens is 796 g/mol. The Balaban J connectivity index is 1.18. The van der Waals surface area contributed by atoms with Gasteiger partial charge in [0.1, 0.15) is 14.6 Å². The van der Waals surface area contributed by atoms with Crippen LogP contribution in [0, 0.1) is 10.8 Å². The van der Waals surface area contributed by atoms with E-state index < -0.39 is 0 Å². The van der Waals surface area contributed by atoms with Crippen LogP contribution in [0.25, 0.3) is 21.5 Å². The molecule has 342 valence electrons. The molecule has 2 heterocycles. The lowest BCUT2D eigenvalue weighted by atomic mass is 9.47. The van der Waals surface area contributed by atoms with Crippen LogP contribution in [-0.2, 0) is 35.6 Å². The van der Waals surface area contributed by atoms with Crippen LogP contribution >= 0.6 is 0 Å². The van der Waals surface area contributed by atoms with Crippen molar-refractivity contribution >= 4 is 42.0 Å². The smallest absolute Gasteiger partial charge is 0.246 e. The largest absolute Gasteiger partial charge is 0.394 e. The Kier molecular flexibility index (Phi) is 17.2. The van der Waals surface area contributed by atoms with Crippen molar-refractivity contribution in [1.29, 1.82) is 0 Å². The number of nitrogens with one attached hydrogen (secondary N) is 1. The maximum absolute atomic E-state index is 12.7. The molecule has 0 aliphatic carbocycles. The molecule has 1 amide bonds. The van der Waals surface area contributed by atoms with Crippen molar-refractivity contribution in [3.05, 3.63) is 143 Å². The van der Waals surface area contributed by atoms with Gasteiger partial charge in [0.2, 0.25) is 5.91 Å². The van der Waals surface area contributed by atoms with E-state index in [2.05, 4.69) is 161 Å². The quantitative estimate of drug-likeness (QED) is 0.0314. The van der Waals surface area contributed by atoms with Gasteiger partial charge < -0.3 is 15.2 Å². The van der Waals surface area contributed by atoms with Crippen molar-refractivity contribution in [2.75, 3.05) is 46.0 Å². The Hall–Kier alpha value is -4.20. The van der Waals surface area contributed by atoms with E-state index in [9.17, 15) is 9.90 Å². The minimum Gasteiger partial charge on any atom is -0.394 e. The lowest BCUT2D eigenvalue weighted by Crippen LogP contribution is -2.31. The number of hydrogen-bond acceptors (Lipinski definition) is 5. The van der Waals surface area contributed by atoms with Gasteiger partial charge in [0.15, 0.2) is 0 Å². The van der Waals surface area contributed by atoms with E-state index in [1.54, 1.807) is 0 Å². The first-order valence-electron chi connectivity index (χ1n) is 24.8. The third-order valence-electron chi connectivity index (χ3n) is 14.6. The van der Waals surface area contributed by atoms with Crippen molar-refractivity contribution in [2.24, 2.45) is 10.8 Å². The van der Waals surface area contributed by atoms with Gasteiger partial charge in [-0.15, -0.1) is 0 Å². The van der Waals surface area contributed by atoms with Gasteiger partial charge in [-0.05, 0) is 109 Å². The monoisotopic (exact) mass is 872 g/mol. The summed E-state index contributed by atoms with van der Waals surface area (Å²) in [5.41, 5.74) is 9.85. The summed E-state index contributed by atoms with van der Waals surface area (Å²) < 4.78 is 5.89. The highest BCUT2D eigenvalue weighted by molar-refractivity contribution is 6.38. The fraction of sp³-hybridized carbons (Fsp3) is 0.491. The van der Waals surface area contributed by atoms with Crippen LogP contribution < -0.4 is 5.32 Å². The summed E-state index contributed by atoms with van der Waals surface area (Å²) in [6.07, 6.45) is 9.56. The van der Waals surface area contributed by atoms with Gasteiger partial charge in [0.05, 0.1) is 19.8 Å². The van der Waals surface area contributed by atoms with Crippen molar-refractivity contribution in [3.63, 3.8) is 0 Å². The maximum Gasteiger partial charge on any atom is 0.246 e. The fourth-order valence-electron chi connectivity index (χ4n) is 10.5. The summed E-state index contributed by atoms with van der Waals surface area (Å²) in [6, 6.07) is 36.3. The SMILES string of the molecule is C=C(CC)C(=O)NCCCN(Cc1ccccc1C1[B]CC(C)(C)CC1)Cc1c2ccccc2c(CCN(CCOCCO)Cc2ccccc2C2[B]CC(C)(C)CC2)c2ccccc12. The highest BCUT2D eigenvalue weighted by atomic mass is 16.5. The van der Waals surface area contributed by atoms with E-state index in [1.807, 2.05) is 6.92 Å². The standard InChI is InChI=1S/C57H75B2N3O3/c1-7-42(2)55(64)60-30-16-31-62(38-44-18-9-11-20-46(44)54-26-29-57(5,6)41-59-54)39-52-49-23-14-12-21-47(49)51(48-22-13-15-24-50(48)52)27-32-61(33-35-65-36-34-63)37-43-17-8-10-19-45(43)53-25-28-56(3,4)40-58-53/h8-15,17-24,53-54,63H,2,7,16,25-41H2,1,3-6H3,(H,60,64). The summed E-state index contributed by atoms with van der Waals surface area (Å²) in [5.74, 6) is 0.909. The van der Waals surface area contributed by atoms with E-state index in [-0.39, 0.29) is 12.5 Å². The number of nitrogens with zero attached hydrogens (tertiary/aromatic N) is 2. The number of carbonyl (C=O) groups excluding carboxylic acids is 1. The fourth-order valence-corrected chi connectivity index (χ4v) is 10.5. The molecule has 7 rings (SSSR count). The molecule has 2 fully saturated rings. The van der Waals surface area contributed by atoms with E-state index in [4.69, 9.17) is 4.74 Å². The van der Waals surface area contributed by atoms with E-state index in [1.165, 1.54) is 80.6 Å². The molecular formula is C57H75B2N3O3. The minimum atomic E-state index is -0.0416. The lowest BCUT2D eigenvalue weighted by Gasteiger charge is -2.35. The summed E-state index contributed by atoms with van der Waals surface area (Å²) in [6.45, 7) is 22.2. The summed E-state index contributed by atoms with van der Waals surface area (Å²) in [4.78, 5) is 17.9.